The predicted octanol–water partition coefficient (Wildman–Crippen LogP) is 2.67. The number of nitrogens with two attached hydrogens (primary N) is 1. The van der Waals surface area contributed by atoms with Gasteiger partial charge in [0, 0.05) is 5.88 Å². The van der Waals surface area contributed by atoms with Crippen molar-refractivity contribution < 1.29 is 4.74 Å². The highest BCUT2D eigenvalue weighted by Crippen LogP contribution is 2.33. The van der Waals surface area contributed by atoms with Gasteiger partial charge in [-0.15, -0.1) is 11.6 Å². The highest BCUT2D eigenvalue weighted by atomic mass is 35.5. The van der Waals surface area contributed by atoms with Crippen LogP contribution in [-0.2, 0) is 5.88 Å². The molecule has 1 aromatic rings. The van der Waals surface area contributed by atoms with Crippen molar-refractivity contribution >= 4 is 28.9 Å². The lowest BCUT2D eigenvalue weighted by Gasteiger charge is -2.09. The molecule has 0 saturated heterocycles. The summed E-state index contributed by atoms with van der Waals surface area (Å²) >= 11 is 11.4. The van der Waals surface area contributed by atoms with E-state index >= 15 is 0 Å². The molecule has 0 radical (unpaired) electrons. The van der Waals surface area contributed by atoms with Crippen molar-refractivity contribution in [1.29, 1.82) is 0 Å². The highest BCUT2D eigenvalue weighted by molar-refractivity contribution is 6.32. The molecular formula is C8H9Cl2NO. The second-order valence-corrected chi connectivity index (χ2v) is 2.96. The normalized spacial score (nSPS) is 9.92. The van der Waals surface area contributed by atoms with Crippen LogP contribution in [0.2, 0.25) is 5.02 Å². The van der Waals surface area contributed by atoms with Crippen LogP contribution < -0.4 is 10.5 Å². The molecule has 1 aromatic carbocycles. The molecule has 0 fully saturated rings. The second kappa shape index (κ2) is 3.87. The molecular weight excluding hydrogens is 197 g/mol. The van der Waals surface area contributed by atoms with Crippen LogP contribution in [0.15, 0.2) is 12.1 Å². The minimum absolute atomic E-state index is 0.360. The van der Waals surface area contributed by atoms with E-state index in [0.717, 1.165) is 5.56 Å². The monoisotopic (exact) mass is 205 g/mol. The van der Waals surface area contributed by atoms with Crippen molar-refractivity contribution in [2.24, 2.45) is 0 Å². The standard InChI is InChI=1S/C8H9Cl2NO/c1-12-8-6(10)3-2-5(4-9)7(8)11/h2-3H,4,11H2,1H3. The summed E-state index contributed by atoms with van der Waals surface area (Å²) in [5, 5.41) is 0.504. The van der Waals surface area contributed by atoms with E-state index in [0.29, 0.717) is 22.3 Å². The zero-order chi connectivity index (χ0) is 9.14. The summed E-state index contributed by atoms with van der Waals surface area (Å²) in [6.45, 7) is 0. The van der Waals surface area contributed by atoms with Crippen LogP contribution in [0, 0.1) is 0 Å². The molecule has 1 rings (SSSR count). The number of benzene rings is 1. The minimum Gasteiger partial charge on any atom is -0.493 e. The number of hydrogen-bond acceptors (Lipinski definition) is 2. The lowest BCUT2D eigenvalue weighted by Crippen LogP contribution is -1.97. The Morgan fingerprint density at radius 1 is 1.50 bits per heavy atom. The number of ether oxygens (including phenoxy) is 1. The van der Waals surface area contributed by atoms with Crippen molar-refractivity contribution in [2.45, 2.75) is 5.88 Å². The van der Waals surface area contributed by atoms with E-state index < -0.39 is 0 Å². The van der Waals surface area contributed by atoms with Crippen LogP contribution in [0.4, 0.5) is 5.69 Å². The van der Waals surface area contributed by atoms with Crippen molar-refractivity contribution in [1.82, 2.24) is 0 Å². The molecule has 0 aliphatic carbocycles. The van der Waals surface area contributed by atoms with Gasteiger partial charge in [0.05, 0.1) is 17.8 Å². The number of anilines is 1. The summed E-state index contributed by atoms with van der Waals surface area (Å²) in [5.41, 5.74) is 7.06. The van der Waals surface area contributed by atoms with Gasteiger partial charge < -0.3 is 10.5 Å². The average Bonchev–Trinajstić information content (AvgIpc) is 2.06. The number of alkyl halides is 1. The second-order valence-electron chi connectivity index (χ2n) is 2.29. The summed E-state index contributed by atoms with van der Waals surface area (Å²) in [4.78, 5) is 0. The van der Waals surface area contributed by atoms with E-state index in [1.165, 1.54) is 7.11 Å². The lowest BCUT2D eigenvalue weighted by molar-refractivity contribution is 0.417. The van der Waals surface area contributed by atoms with Crippen LogP contribution in [0.25, 0.3) is 0 Å². The van der Waals surface area contributed by atoms with E-state index in [-0.39, 0.29) is 0 Å². The minimum atomic E-state index is 0.360. The largest absolute Gasteiger partial charge is 0.493 e. The first-order chi connectivity index (χ1) is 5.70. The summed E-state index contributed by atoms with van der Waals surface area (Å²) in [6, 6.07) is 3.50. The van der Waals surface area contributed by atoms with E-state index in [1.807, 2.05) is 0 Å². The first-order valence-corrected chi connectivity index (χ1v) is 4.28. The van der Waals surface area contributed by atoms with Gasteiger partial charge in [0.1, 0.15) is 0 Å². The first-order valence-electron chi connectivity index (χ1n) is 3.37. The summed E-state index contributed by atoms with van der Waals surface area (Å²) < 4.78 is 5.00. The highest BCUT2D eigenvalue weighted by Gasteiger charge is 2.08. The molecule has 2 nitrogen and oxygen atoms in total. The number of nitrogen functional groups attached to an aromatic ring is 1. The van der Waals surface area contributed by atoms with Gasteiger partial charge in [-0.2, -0.15) is 0 Å². The molecule has 0 amide bonds. The van der Waals surface area contributed by atoms with Crippen molar-refractivity contribution in [3.8, 4) is 5.75 Å². The van der Waals surface area contributed by atoms with Crippen molar-refractivity contribution in [3.05, 3.63) is 22.7 Å². The van der Waals surface area contributed by atoms with Gasteiger partial charge in [-0.05, 0) is 11.6 Å². The molecule has 0 bridgehead atoms. The van der Waals surface area contributed by atoms with Crippen molar-refractivity contribution in [2.75, 3.05) is 12.8 Å². The van der Waals surface area contributed by atoms with Crippen LogP contribution in [0.1, 0.15) is 5.56 Å². The van der Waals surface area contributed by atoms with Crippen molar-refractivity contribution in [3.63, 3.8) is 0 Å². The summed E-state index contributed by atoms with van der Waals surface area (Å²) in [6.07, 6.45) is 0. The fraction of sp³-hybridized carbons (Fsp3) is 0.250. The third-order valence-corrected chi connectivity index (χ3v) is 2.17. The molecule has 66 valence electrons. The van der Waals surface area contributed by atoms with E-state index in [1.54, 1.807) is 12.1 Å². The maximum absolute atomic E-state index is 5.81. The van der Waals surface area contributed by atoms with E-state index in [9.17, 15) is 0 Å². The maximum atomic E-state index is 5.81. The molecule has 0 spiro atoms. The van der Waals surface area contributed by atoms with Gasteiger partial charge in [-0.25, -0.2) is 0 Å². The molecule has 0 aliphatic rings. The van der Waals surface area contributed by atoms with Gasteiger partial charge in [0.15, 0.2) is 5.75 Å². The Hall–Kier alpha value is -0.600. The van der Waals surface area contributed by atoms with Crippen LogP contribution in [-0.4, -0.2) is 7.11 Å². The molecule has 4 heteroatoms. The zero-order valence-electron chi connectivity index (χ0n) is 6.60. The molecule has 0 saturated carbocycles. The number of rotatable bonds is 2. The Morgan fingerprint density at radius 2 is 2.17 bits per heavy atom. The SMILES string of the molecule is COc1c(Cl)ccc(CCl)c1N. The Morgan fingerprint density at radius 3 is 2.67 bits per heavy atom. The topological polar surface area (TPSA) is 35.2 Å². The Balaban J connectivity index is 3.24. The van der Waals surface area contributed by atoms with Crippen LogP contribution in [0.3, 0.4) is 0 Å². The smallest absolute Gasteiger partial charge is 0.160 e. The predicted molar refractivity (Wildman–Crippen MR) is 52.0 cm³/mol. The van der Waals surface area contributed by atoms with Crippen LogP contribution >= 0.6 is 23.2 Å². The third-order valence-electron chi connectivity index (χ3n) is 1.59. The van der Waals surface area contributed by atoms with Gasteiger partial charge in [0.25, 0.3) is 0 Å². The fourth-order valence-corrected chi connectivity index (χ4v) is 1.41. The number of halogens is 2. The Bertz CT molecular complexity index is 289. The van der Waals surface area contributed by atoms with Gasteiger partial charge >= 0.3 is 0 Å². The Labute approximate surface area is 81.2 Å². The third kappa shape index (κ3) is 1.59. The zero-order valence-corrected chi connectivity index (χ0v) is 8.12. The Kier molecular flexibility index (Phi) is 3.06. The fourth-order valence-electron chi connectivity index (χ4n) is 0.938. The maximum Gasteiger partial charge on any atom is 0.160 e. The molecule has 0 aliphatic heterocycles. The molecule has 12 heavy (non-hydrogen) atoms. The molecule has 0 atom stereocenters. The quantitative estimate of drug-likeness (QED) is 0.596. The first kappa shape index (κ1) is 9.49. The van der Waals surface area contributed by atoms with Gasteiger partial charge in [-0.3, -0.25) is 0 Å². The average molecular weight is 206 g/mol. The molecule has 2 N–H and O–H groups in total. The molecule has 0 unspecified atom stereocenters. The van der Waals surface area contributed by atoms with Gasteiger partial charge in [-0.1, -0.05) is 17.7 Å². The lowest BCUT2D eigenvalue weighted by atomic mass is 10.2. The van der Waals surface area contributed by atoms with Gasteiger partial charge in [0.2, 0.25) is 0 Å². The summed E-state index contributed by atoms with van der Waals surface area (Å²) in [7, 11) is 1.52. The number of methoxy groups -OCH3 is 1. The number of hydrogen-bond donors (Lipinski definition) is 1. The molecule has 0 heterocycles. The van der Waals surface area contributed by atoms with E-state index in [2.05, 4.69) is 0 Å². The van der Waals surface area contributed by atoms with E-state index in [4.69, 9.17) is 33.7 Å². The van der Waals surface area contributed by atoms with Crippen LogP contribution in [0.5, 0.6) is 5.75 Å². The summed E-state index contributed by atoms with van der Waals surface area (Å²) in [5.74, 6) is 0.856. The molecule has 0 aromatic heterocycles.